The number of rotatable bonds is 25. The smallest absolute Gasteiger partial charge is 0.328 e. The summed E-state index contributed by atoms with van der Waals surface area (Å²) in [7, 11) is 0. The van der Waals surface area contributed by atoms with Crippen molar-refractivity contribution in [2.24, 2.45) is 23.3 Å². The highest BCUT2D eigenvalue weighted by Gasteiger charge is 2.39. The summed E-state index contributed by atoms with van der Waals surface area (Å²) in [4.78, 5) is 129. The molecule has 338 valence electrons. The molecule has 13 N–H and O–H groups in total. The van der Waals surface area contributed by atoms with Crippen molar-refractivity contribution in [2.45, 2.75) is 115 Å². The molecule has 1 aromatic carbocycles. The zero-order chi connectivity index (χ0) is 46.0. The third-order valence-electron chi connectivity index (χ3n) is 9.60. The van der Waals surface area contributed by atoms with E-state index < -0.39 is 140 Å². The molecule has 0 unspecified atom stereocenters. The van der Waals surface area contributed by atoms with Crippen LogP contribution in [-0.2, 0) is 54.4 Å². The molecule has 8 amide bonds. The van der Waals surface area contributed by atoms with E-state index in [9.17, 15) is 63.3 Å². The summed E-state index contributed by atoms with van der Waals surface area (Å²) in [5.74, 6) is -10.4. The molecule has 2 rings (SSSR count). The van der Waals surface area contributed by atoms with Crippen LogP contribution in [0.2, 0.25) is 0 Å². The first-order chi connectivity index (χ1) is 28.6. The molecule has 1 heterocycles. The van der Waals surface area contributed by atoms with Crippen LogP contribution in [0.1, 0.15) is 71.8 Å². The lowest BCUT2D eigenvalue weighted by molar-refractivity contribution is -0.143. The van der Waals surface area contributed by atoms with E-state index in [-0.39, 0.29) is 12.3 Å². The minimum absolute atomic E-state index is 0.135. The van der Waals surface area contributed by atoms with Gasteiger partial charge in [-0.15, -0.1) is 0 Å². The number of carbonyl (C=O) groups excluding carboxylic acids is 8. The zero-order valence-corrected chi connectivity index (χ0v) is 34.7. The van der Waals surface area contributed by atoms with Crippen molar-refractivity contribution in [1.29, 1.82) is 0 Å². The molecule has 0 aliphatic carbocycles. The molecular weight excluding hydrogens is 802 g/mol. The Labute approximate surface area is 352 Å². The maximum atomic E-state index is 13.5. The van der Waals surface area contributed by atoms with E-state index >= 15 is 0 Å². The molecule has 0 aromatic heterocycles. The number of aliphatic hydroxyl groups is 1. The third-order valence-corrected chi connectivity index (χ3v) is 9.60. The first-order valence-corrected chi connectivity index (χ1v) is 19.9. The van der Waals surface area contributed by atoms with Crippen molar-refractivity contribution < 1.29 is 63.3 Å². The van der Waals surface area contributed by atoms with Gasteiger partial charge in [0.1, 0.15) is 36.3 Å². The second-order valence-electron chi connectivity index (χ2n) is 15.5. The Hall–Kier alpha value is -6.16. The van der Waals surface area contributed by atoms with Crippen molar-refractivity contribution in [1.82, 2.24) is 36.8 Å². The first-order valence-electron chi connectivity index (χ1n) is 19.9. The minimum Gasteiger partial charge on any atom is -0.481 e. The summed E-state index contributed by atoms with van der Waals surface area (Å²) in [6.07, 6.45) is -0.763. The molecule has 1 fully saturated rings. The van der Waals surface area contributed by atoms with Crippen molar-refractivity contribution in [3.05, 3.63) is 35.9 Å². The van der Waals surface area contributed by atoms with E-state index in [1.807, 2.05) is 13.8 Å². The second kappa shape index (κ2) is 24.8. The van der Waals surface area contributed by atoms with Crippen molar-refractivity contribution in [3.8, 4) is 0 Å². The number of hydrogen-bond acceptors (Lipinski definition) is 12. The molecule has 22 nitrogen and oxygen atoms in total. The van der Waals surface area contributed by atoms with Crippen LogP contribution in [0.5, 0.6) is 0 Å². The SMILES string of the molecule is CC(C)C[C@H](N)C(=O)N1CCC[C@H]1C(=O)N[C@H](C(=O)N[C@@H](CC(N)=O)C(=O)NCC(=O)N[C@@H](CCC(=O)O)C(=O)N[C@@H](Cc1ccccc1)C(=O)N[C@@H](CO)C(=O)O)C(C)C. The number of primary amides is 1. The number of aliphatic hydroxyl groups excluding tert-OH is 1. The summed E-state index contributed by atoms with van der Waals surface area (Å²) in [6.45, 7) is 5.52. The number of benzene rings is 1. The van der Waals surface area contributed by atoms with Crippen LogP contribution in [0.3, 0.4) is 0 Å². The molecule has 22 heteroatoms. The molecule has 1 saturated heterocycles. The van der Waals surface area contributed by atoms with Crippen LogP contribution < -0.4 is 43.4 Å². The lowest BCUT2D eigenvalue weighted by Gasteiger charge is -2.30. The van der Waals surface area contributed by atoms with Crippen LogP contribution in [0.4, 0.5) is 0 Å². The van der Waals surface area contributed by atoms with E-state index in [0.29, 0.717) is 31.4 Å². The molecule has 0 saturated carbocycles. The van der Waals surface area contributed by atoms with Gasteiger partial charge in [-0.3, -0.25) is 43.2 Å². The molecule has 1 aromatic rings. The predicted octanol–water partition coefficient (Wildman–Crippen LogP) is -3.39. The number of carboxylic acid groups (broad SMARTS) is 2. The first kappa shape index (κ1) is 51.0. The van der Waals surface area contributed by atoms with Crippen LogP contribution in [-0.4, -0.2) is 141 Å². The summed E-state index contributed by atoms with van der Waals surface area (Å²) >= 11 is 0. The minimum atomic E-state index is -1.72. The average molecular weight is 862 g/mol. The molecular formula is C39H59N9O13. The highest BCUT2D eigenvalue weighted by atomic mass is 16.4. The van der Waals surface area contributed by atoms with Gasteiger partial charge in [0.05, 0.1) is 25.6 Å². The number of nitrogens with one attached hydrogen (secondary N) is 6. The van der Waals surface area contributed by atoms with E-state index in [0.717, 1.165) is 0 Å². The van der Waals surface area contributed by atoms with Crippen molar-refractivity contribution >= 4 is 59.2 Å². The third kappa shape index (κ3) is 17.2. The number of hydrogen-bond donors (Lipinski definition) is 11. The van der Waals surface area contributed by atoms with Gasteiger partial charge in [-0.25, -0.2) is 4.79 Å². The van der Waals surface area contributed by atoms with Gasteiger partial charge in [0.15, 0.2) is 0 Å². The predicted molar refractivity (Wildman–Crippen MR) is 215 cm³/mol. The summed E-state index contributed by atoms with van der Waals surface area (Å²) < 4.78 is 0. The fourth-order valence-corrected chi connectivity index (χ4v) is 6.44. The average Bonchev–Trinajstić information content (AvgIpc) is 3.68. The standard InChI is InChI=1S/C39H59N9O13/c1-20(2)15-23(40)38(59)48-14-8-11-28(48)36(57)47-32(21(3)4)37(58)45-26(17-29(41)50)33(54)42-18-30(51)43-24(12-13-31(52)53)34(55)44-25(16-22-9-6-5-7-10-22)35(56)46-27(19-49)39(60)61/h5-7,9-10,20-21,23-28,32,49H,8,11-19,40H2,1-4H3,(H2,41,50)(H,42,54)(H,43,51)(H,44,55)(H,45,58)(H,46,56)(H,47,57)(H,52,53)(H,60,61)/t23-,24-,25-,26-,27-,28-,32-/m0/s1. The van der Waals surface area contributed by atoms with Crippen LogP contribution in [0, 0.1) is 11.8 Å². The summed E-state index contributed by atoms with van der Waals surface area (Å²) in [5, 5.41) is 42.0. The number of carbonyl (C=O) groups is 10. The van der Waals surface area contributed by atoms with Gasteiger partial charge in [-0.1, -0.05) is 58.0 Å². The lowest BCUT2D eigenvalue weighted by Crippen LogP contribution is -2.59. The quantitative estimate of drug-likeness (QED) is 0.0457. The van der Waals surface area contributed by atoms with Gasteiger partial charge in [-0.05, 0) is 43.1 Å². The van der Waals surface area contributed by atoms with E-state index in [2.05, 4.69) is 31.9 Å². The number of carboxylic acids is 2. The normalized spacial score (nSPS) is 16.5. The second-order valence-corrected chi connectivity index (χ2v) is 15.5. The van der Waals surface area contributed by atoms with Gasteiger partial charge in [0.2, 0.25) is 47.3 Å². The molecule has 1 aliphatic rings. The number of nitrogens with two attached hydrogens (primary N) is 2. The number of likely N-dealkylation sites (tertiary alicyclic amines) is 1. The van der Waals surface area contributed by atoms with Gasteiger partial charge in [0, 0.05) is 19.4 Å². The fraction of sp³-hybridized carbons (Fsp3) is 0.590. The molecule has 0 radical (unpaired) electrons. The Kier molecular flexibility index (Phi) is 20.7. The van der Waals surface area contributed by atoms with Crippen LogP contribution in [0.15, 0.2) is 30.3 Å². The largest absolute Gasteiger partial charge is 0.481 e. The van der Waals surface area contributed by atoms with E-state index in [1.54, 1.807) is 44.2 Å². The van der Waals surface area contributed by atoms with Gasteiger partial charge in [-0.2, -0.15) is 0 Å². The van der Waals surface area contributed by atoms with Crippen molar-refractivity contribution in [3.63, 3.8) is 0 Å². The Balaban J connectivity index is 2.17. The monoisotopic (exact) mass is 861 g/mol. The molecule has 0 bridgehead atoms. The Morgan fingerprint density at radius 2 is 1.39 bits per heavy atom. The number of aliphatic carboxylic acids is 2. The topological polar surface area (TPSA) is 359 Å². The highest BCUT2D eigenvalue weighted by molar-refractivity contribution is 5.98. The maximum absolute atomic E-state index is 13.5. The van der Waals surface area contributed by atoms with E-state index in [1.165, 1.54) is 4.90 Å². The maximum Gasteiger partial charge on any atom is 0.328 e. The van der Waals surface area contributed by atoms with Gasteiger partial charge >= 0.3 is 11.9 Å². The summed E-state index contributed by atoms with van der Waals surface area (Å²) in [5.41, 5.74) is 12.0. The van der Waals surface area contributed by atoms with Gasteiger partial charge in [0.25, 0.3) is 0 Å². The Morgan fingerprint density at radius 3 is 1.95 bits per heavy atom. The van der Waals surface area contributed by atoms with E-state index in [4.69, 9.17) is 11.5 Å². The van der Waals surface area contributed by atoms with Crippen LogP contribution in [0.25, 0.3) is 0 Å². The van der Waals surface area contributed by atoms with Gasteiger partial charge < -0.3 is 63.6 Å². The molecule has 1 aliphatic heterocycles. The summed E-state index contributed by atoms with van der Waals surface area (Å²) in [6, 6.07) is -1.18. The lowest BCUT2D eigenvalue weighted by atomic mass is 10.0. The molecule has 7 atom stereocenters. The van der Waals surface area contributed by atoms with Crippen LogP contribution >= 0.6 is 0 Å². The zero-order valence-electron chi connectivity index (χ0n) is 34.7. The number of amides is 8. The molecule has 0 spiro atoms. The Bertz CT molecular complexity index is 1740. The Morgan fingerprint density at radius 1 is 0.787 bits per heavy atom. The molecule has 61 heavy (non-hydrogen) atoms. The highest BCUT2D eigenvalue weighted by Crippen LogP contribution is 2.20. The fourth-order valence-electron chi connectivity index (χ4n) is 6.44. The number of nitrogens with zero attached hydrogens (tertiary/aromatic N) is 1. The van der Waals surface area contributed by atoms with Crippen molar-refractivity contribution in [2.75, 3.05) is 19.7 Å².